The molecule has 1 amide bonds. The molecule has 0 radical (unpaired) electrons. The van der Waals surface area contributed by atoms with Gasteiger partial charge in [-0.25, -0.2) is 9.97 Å². The highest BCUT2D eigenvalue weighted by Gasteiger charge is 2.04. The molecule has 0 fully saturated rings. The number of nitrogens with zero attached hydrogens (tertiary/aromatic N) is 2. The first-order valence-electron chi connectivity index (χ1n) is 5.19. The fourth-order valence-electron chi connectivity index (χ4n) is 1.22. The highest BCUT2D eigenvalue weighted by atomic mass is 35.5. The Morgan fingerprint density at radius 3 is 2.67 bits per heavy atom. The van der Waals surface area contributed by atoms with Crippen LogP contribution in [0, 0.1) is 0 Å². The molecule has 18 heavy (non-hydrogen) atoms. The third-order valence-corrected chi connectivity index (χ3v) is 3.21. The summed E-state index contributed by atoms with van der Waals surface area (Å²) in [6.45, 7) is 0. The maximum Gasteiger partial charge on any atom is 0.235 e. The number of hydrogen-bond acceptors (Lipinski definition) is 4. The van der Waals surface area contributed by atoms with Crippen LogP contribution in [0.15, 0.2) is 47.6 Å². The Hall–Kier alpha value is -1.59. The first-order chi connectivity index (χ1) is 8.74. The van der Waals surface area contributed by atoms with E-state index < -0.39 is 0 Å². The van der Waals surface area contributed by atoms with Gasteiger partial charge in [-0.1, -0.05) is 29.8 Å². The monoisotopic (exact) mass is 279 g/mol. The summed E-state index contributed by atoms with van der Waals surface area (Å²) >= 11 is 7.06. The van der Waals surface area contributed by atoms with Crippen molar-refractivity contribution in [2.45, 2.75) is 4.90 Å². The molecule has 0 spiro atoms. The van der Waals surface area contributed by atoms with Crippen molar-refractivity contribution in [2.75, 3.05) is 11.1 Å². The van der Waals surface area contributed by atoms with Gasteiger partial charge in [0, 0.05) is 4.90 Å². The van der Waals surface area contributed by atoms with Crippen LogP contribution in [-0.4, -0.2) is 21.6 Å². The molecular weight excluding hydrogens is 270 g/mol. The number of halogens is 1. The first kappa shape index (κ1) is 12.9. The van der Waals surface area contributed by atoms with Gasteiger partial charge in [0.25, 0.3) is 0 Å². The van der Waals surface area contributed by atoms with E-state index >= 15 is 0 Å². The van der Waals surface area contributed by atoms with Gasteiger partial charge in [-0.2, -0.15) is 0 Å². The Labute approximate surface area is 114 Å². The van der Waals surface area contributed by atoms with Crippen LogP contribution in [0.1, 0.15) is 0 Å². The lowest BCUT2D eigenvalue weighted by Gasteiger charge is -2.03. The Kier molecular flexibility index (Phi) is 4.55. The van der Waals surface area contributed by atoms with Crippen LogP contribution in [0.5, 0.6) is 0 Å². The Morgan fingerprint density at radius 2 is 2.00 bits per heavy atom. The van der Waals surface area contributed by atoms with Crippen LogP contribution in [-0.2, 0) is 4.79 Å². The average molecular weight is 280 g/mol. The van der Waals surface area contributed by atoms with Gasteiger partial charge in [0.2, 0.25) is 5.91 Å². The molecule has 4 nitrogen and oxygen atoms in total. The fourth-order valence-corrected chi connectivity index (χ4v) is 2.04. The molecule has 1 heterocycles. The van der Waals surface area contributed by atoms with Gasteiger partial charge < -0.3 is 5.32 Å². The van der Waals surface area contributed by atoms with Crippen molar-refractivity contribution in [2.24, 2.45) is 0 Å². The Balaban J connectivity index is 1.84. The molecule has 0 unspecified atom stereocenters. The first-order valence-corrected chi connectivity index (χ1v) is 6.55. The molecule has 0 aliphatic rings. The van der Waals surface area contributed by atoms with Crippen LogP contribution in [0.3, 0.4) is 0 Å². The second-order valence-electron chi connectivity index (χ2n) is 3.37. The van der Waals surface area contributed by atoms with Crippen LogP contribution >= 0.6 is 23.4 Å². The summed E-state index contributed by atoms with van der Waals surface area (Å²) in [6, 6.07) is 9.73. The van der Waals surface area contributed by atoms with E-state index in [9.17, 15) is 4.79 Å². The second kappa shape index (κ2) is 6.37. The normalized spacial score (nSPS) is 10.1. The summed E-state index contributed by atoms with van der Waals surface area (Å²) in [7, 11) is 0. The summed E-state index contributed by atoms with van der Waals surface area (Å²) in [6.07, 6.45) is 2.81. The Bertz CT molecular complexity index is 519. The molecule has 1 aromatic heterocycles. The topological polar surface area (TPSA) is 54.9 Å². The number of carbonyl (C=O) groups excluding carboxylic acids is 1. The lowest BCUT2D eigenvalue weighted by atomic mass is 10.4. The predicted octanol–water partition coefficient (Wildman–Crippen LogP) is 2.86. The van der Waals surface area contributed by atoms with Crippen molar-refractivity contribution in [1.82, 2.24) is 9.97 Å². The molecule has 0 aliphatic heterocycles. The van der Waals surface area contributed by atoms with E-state index in [2.05, 4.69) is 15.3 Å². The van der Waals surface area contributed by atoms with E-state index in [0.717, 1.165) is 4.90 Å². The van der Waals surface area contributed by atoms with Gasteiger partial charge in [-0.3, -0.25) is 4.79 Å². The second-order valence-corrected chi connectivity index (χ2v) is 4.81. The van der Waals surface area contributed by atoms with Crippen molar-refractivity contribution in [3.63, 3.8) is 0 Å². The van der Waals surface area contributed by atoms with Gasteiger partial charge in [-0.15, -0.1) is 11.8 Å². The smallest absolute Gasteiger partial charge is 0.235 e. The summed E-state index contributed by atoms with van der Waals surface area (Å²) in [4.78, 5) is 20.5. The van der Waals surface area contributed by atoms with Gasteiger partial charge in [0.1, 0.15) is 5.15 Å². The molecule has 6 heteroatoms. The fraction of sp³-hybridized carbons (Fsp3) is 0.0833. The number of aromatic nitrogens is 2. The SMILES string of the molecule is O=C(CSc1ccccc1)Nc1cnc(Cl)cn1. The van der Waals surface area contributed by atoms with Gasteiger partial charge >= 0.3 is 0 Å². The summed E-state index contributed by atoms with van der Waals surface area (Å²) in [5.74, 6) is 0.604. The predicted molar refractivity (Wildman–Crippen MR) is 72.8 cm³/mol. The third-order valence-electron chi connectivity index (χ3n) is 2.00. The number of thioether (sulfide) groups is 1. The molecule has 0 bridgehead atoms. The van der Waals surface area contributed by atoms with Crippen LogP contribution in [0.4, 0.5) is 5.82 Å². The number of carbonyl (C=O) groups is 1. The van der Waals surface area contributed by atoms with Gasteiger partial charge in [0.15, 0.2) is 5.82 Å². The van der Waals surface area contributed by atoms with Crippen molar-refractivity contribution in [3.05, 3.63) is 47.9 Å². The summed E-state index contributed by atoms with van der Waals surface area (Å²) in [5, 5.41) is 2.95. The standard InChI is InChI=1S/C12H10ClN3OS/c13-10-6-15-11(7-14-10)16-12(17)8-18-9-4-2-1-3-5-9/h1-7H,8H2,(H,15,16,17). The molecule has 0 saturated carbocycles. The van der Waals surface area contributed by atoms with E-state index in [1.54, 1.807) is 0 Å². The molecule has 0 aliphatic carbocycles. The molecular formula is C12H10ClN3OS. The third kappa shape index (κ3) is 4.01. The van der Waals surface area contributed by atoms with Crippen molar-refractivity contribution < 1.29 is 4.79 Å². The molecule has 92 valence electrons. The van der Waals surface area contributed by atoms with Gasteiger partial charge in [0.05, 0.1) is 18.1 Å². The van der Waals surface area contributed by atoms with Crippen molar-refractivity contribution in [1.29, 1.82) is 0 Å². The number of hydrogen-bond donors (Lipinski definition) is 1. The lowest BCUT2D eigenvalue weighted by Crippen LogP contribution is -2.15. The zero-order valence-electron chi connectivity index (χ0n) is 9.34. The maximum absolute atomic E-state index is 11.6. The van der Waals surface area contributed by atoms with Crippen molar-refractivity contribution >= 4 is 35.1 Å². The minimum Gasteiger partial charge on any atom is -0.309 e. The zero-order valence-corrected chi connectivity index (χ0v) is 10.9. The van der Waals surface area contributed by atoms with E-state index in [1.165, 1.54) is 24.2 Å². The van der Waals surface area contributed by atoms with Gasteiger partial charge in [-0.05, 0) is 12.1 Å². The average Bonchev–Trinajstić information content (AvgIpc) is 2.40. The number of anilines is 1. The lowest BCUT2D eigenvalue weighted by molar-refractivity contribution is -0.113. The Morgan fingerprint density at radius 1 is 1.22 bits per heavy atom. The molecule has 1 aromatic carbocycles. The molecule has 2 rings (SSSR count). The largest absolute Gasteiger partial charge is 0.309 e. The minimum atomic E-state index is -0.125. The molecule has 0 saturated heterocycles. The zero-order chi connectivity index (χ0) is 12.8. The summed E-state index contributed by atoms with van der Waals surface area (Å²) in [5.41, 5.74) is 0. The highest BCUT2D eigenvalue weighted by Crippen LogP contribution is 2.17. The molecule has 1 N–H and O–H groups in total. The number of amides is 1. The number of rotatable bonds is 4. The van der Waals surface area contributed by atoms with E-state index in [4.69, 9.17) is 11.6 Å². The molecule has 0 atom stereocenters. The van der Waals surface area contributed by atoms with Crippen molar-refractivity contribution in [3.8, 4) is 0 Å². The van der Waals surface area contributed by atoms with Crippen LogP contribution in [0.2, 0.25) is 5.15 Å². The van der Waals surface area contributed by atoms with E-state index in [1.807, 2.05) is 30.3 Å². The van der Waals surface area contributed by atoms with Crippen LogP contribution < -0.4 is 5.32 Å². The van der Waals surface area contributed by atoms with E-state index in [-0.39, 0.29) is 5.91 Å². The quantitative estimate of drug-likeness (QED) is 0.875. The molecule has 2 aromatic rings. The number of nitrogens with one attached hydrogen (secondary N) is 1. The number of benzene rings is 1. The minimum absolute atomic E-state index is 0.125. The van der Waals surface area contributed by atoms with Crippen LogP contribution in [0.25, 0.3) is 0 Å². The highest BCUT2D eigenvalue weighted by molar-refractivity contribution is 8.00. The summed E-state index contributed by atoms with van der Waals surface area (Å²) < 4.78 is 0. The van der Waals surface area contributed by atoms with E-state index in [0.29, 0.717) is 16.7 Å². The maximum atomic E-state index is 11.6.